The van der Waals surface area contributed by atoms with Crippen LogP contribution in [0.4, 0.5) is 0 Å². The third-order valence-electron chi connectivity index (χ3n) is 2.61. The summed E-state index contributed by atoms with van der Waals surface area (Å²) in [6, 6.07) is 2.23. The summed E-state index contributed by atoms with van der Waals surface area (Å²) in [5.41, 5.74) is -0.918. The van der Waals surface area contributed by atoms with Gasteiger partial charge in [-0.2, -0.15) is 5.26 Å². The molecular weight excluding hydrogens is 150 g/mol. The van der Waals surface area contributed by atoms with Crippen LogP contribution < -0.4 is 0 Å². The standard InChI is InChI=1S/C10H17NO/c1-9(2,8-11)7-10(12)5-3-4-6-10/h12H,3-7H2,1-2H3. The third-order valence-corrected chi connectivity index (χ3v) is 2.61. The van der Waals surface area contributed by atoms with E-state index in [0.717, 1.165) is 25.7 Å². The molecule has 0 heterocycles. The Hall–Kier alpha value is -0.550. The van der Waals surface area contributed by atoms with Gasteiger partial charge in [-0.3, -0.25) is 0 Å². The predicted molar refractivity (Wildman–Crippen MR) is 47.4 cm³/mol. The van der Waals surface area contributed by atoms with Crippen LogP contribution in [0, 0.1) is 16.7 Å². The van der Waals surface area contributed by atoms with Crippen LogP contribution in [-0.2, 0) is 0 Å². The van der Waals surface area contributed by atoms with E-state index in [1.807, 2.05) is 13.8 Å². The molecule has 1 rings (SSSR count). The van der Waals surface area contributed by atoms with Crippen LogP contribution >= 0.6 is 0 Å². The van der Waals surface area contributed by atoms with E-state index >= 15 is 0 Å². The van der Waals surface area contributed by atoms with E-state index in [-0.39, 0.29) is 5.41 Å². The molecule has 0 aromatic carbocycles. The van der Waals surface area contributed by atoms with Crippen LogP contribution in [-0.4, -0.2) is 10.7 Å². The summed E-state index contributed by atoms with van der Waals surface area (Å²) in [4.78, 5) is 0. The van der Waals surface area contributed by atoms with Crippen molar-refractivity contribution in [1.29, 1.82) is 5.26 Å². The average molecular weight is 167 g/mol. The van der Waals surface area contributed by atoms with E-state index in [1.54, 1.807) is 0 Å². The van der Waals surface area contributed by atoms with Crippen molar-refractivity contribution in [3.05, 3.63) is 0 Å². The summed E-state index contributed by atoms with van der Waals surface area (Å²) in [6.45, 7) is 3.78. The Morgan fingerprint density at radius 1 is 1.42 bits per heavy atom. The minimum Gasteiger partial charge on any atom is -0.390 e. The van der Waals surface area contributed by atoms with E-state index in [9.17, 15) is 5.11 Å². The van der Waals surface area contributed by atoms with Crippen molar-refractivity contribution < 1.29 is 5.11 Å². The summed E-state index contributed by atoms with van der Waals surface area (Å²) >= 11 is 0. The van der Waals surface area contributed by atoms with E-state index < -0.39 is 5.60 Å². The van der Waals surface area contributed by atoms with Gasteiger partial charge >= 0.3 is 0 Å². The molecule has 0 aromatic rings. The third kappa shape index (κ3) is 2.22. The number of aliphatic hydroxyl groups is 1. The normalized spacial score (nSPS) is 22.2. The zero-order chi connectivity index (χ0) is 9.24. The average Bonchev–Trinajstić information content (AvgIpc) is 2.35. The maximum Gasteiger partial charge on any atom is 0.0685 e. The molecule has 2 nitrogen and oxygen atoms in total. The highest BCUT2D eigenvalue weighted by Gasteiger charge is 2.36. The minimum atomic E-state index is -0.542. The highest BCUT2D eigenvalue weighted by atomic mass is 16.3. The first-order valence-electron chi connectivity index (χ1n) is 4.61. The molecule has 0 unspecified atom stereocenters. The lowest BCUT2D eigenvalue weighted by Crippen LogP contribution is -2.30. The van der Waals surface area contributed by atoms with Crippen LogP contribution in [0.3, 0.4) is 0 Å². The van der Waals surface area contributed by atoms with Crippen LogP contribution in [0.15, 0.2) is 0 Å². The van der Waals surface area contributed by atoms with Gasteiger partial charge in [0.2, 0.25) is 0 Å². The first kappa shape index (κ1) is 9.54. The Morgan fingerprint density at radius 3 is 2.33 bits per heavy atom. The quantitative estimate of drug-likeness (QED) is 0.685. The van der Waals surface area contributed by atoms with Gasteiger partial charge in [0.05, 0.1) is 17.1 Å². The smallest absolute Gasteiger partial charge is 0.0685 e. The van der Waals surface area contributed by atoms with Crippen molar-refractivity contribution in [2.45, 2.75) is 51.6 Å². The second kappa shape index (κ2) is 3.06. The molecule has 12 heavy (non-hydrogen) atoms. The van der Waals surface area contributed by atoms with Crippen LogP contribution in [0.25, 0.3) is 0 Å². The van der Waals surface area contributed by atoms with Crippen molar-refractivity contribution >= 4 is 0 Å². The first-order valence-corrected chi connectivity index (χ1v) is 4.61. The molecule has 0 amide bonds. The Kier molecular flexibility index (Phi) is 2.44. The van der Waals surface area contributed by atoms with E-state index in [2.05, 4.69) is 6.07 Å². The van der Waals surface area contributed by atoms with Crippen molar-refractivity contribution in [3.8, 4) is 6.07 Å². The molecule has 0 bridgehead atoms. The van der Waals surface area contributed by atoms with Crippen molar-refractivity contribution in [2.75, 3.05) is 0 Å². The van der Waals surface area contributed by atoms with Gasteiger partial charge in [-0.25, -0.2) is 0 Å². The Balaban J connectivity index is 2.56. The van der Waals surface area contributed by atoms with Crippen LogP contribution in [0.1, 0.15) is 46.0 Å². The van der Waals surface area contributed by atoms with E-state index in [0.29, 0.717) is 6.42 Å². The molecule has 0 aromatic heterocycles. The van der Waals surface area contributed by atoms with Gasteiger partial charge < -0.3 is 5.11 Å². The molecule has 1 fully saturated rings. The van der Waals surface area contributed by atoms with Crippen LogP contribution in [0.2, 0.25) is 0 Å². The van der Waals surface area contributed by atoms with Gasteiger partial charge in [-0.15, -0.1) is 0 Å². The van der Waals surface area contributed by atoms with E-state index in [4.69, 9.17) is 5.26 Å². The lowest BCUT2D eigenvalue weighted by Gasteiger charge is -2.28. The number of nitrogens with zero attached hydrogens (tertiary/aromatic N) is 1. The van der Waals surface area contributed by atoms with Gasteiger partial charge in [0.15, 0.2) is 0 Å². The fourth-order valence-corrected chi connectivity index (χ4v) is 2.07. The van der Waals surface area contributed by atoms with Crippen molar-refractivity contribution in [3.63, 3.8) is 0 Å². The van der Waals surface area contributed by atoms with E-state index in [1.165, 1.54) is 0 Å². The second-order valence-corrected chi connectivity index (χ2v) is 4.60. The lowest BCUT2D eigenvalue weighted by atomic mass is 9.80. The summed E-state index contributed by atoms with van der Waals surface area (Å²) in [5, 5.41) is 18.8. The Labute approximate surface area is 74.2 Å². The SMILES string of the molecule is CC(C)(C#N)CC1(O)CCCC1. The monoisotopic (exact) mass is 167 g/mol. The number of nitriles is 1. The molecule has 68 valence electrons. The van der Waals surface area contributed by atoms with Gasteiger partial charge in [0, 0.05) is 0 Å². The summed E-state index contributed by atoms with van der Waals surface area (Å²) in [5.74, 6) is 0. The molecule has 1 N–H and O–H groups in total. The highest BCUT2D eigenvalue weighted by Crippen LogP contribution is 2.38. The molecular formula is C10H17NO. The first-order chi connectivity index (χ1) is 5.47. The molecule has 0 spiro atoms. The topological polar surface area (TPSA) is 44.0 Å². The molecule has 0 radical (unpaired) electrons. The number of hydrogen-bond donors (Lipinski definition) is 1. The molecule has 1 aliphatic carbocycles. The molecule has 0 atom stereocenters. The van der Waals surface area contributed by atoms with Gasteiger partial charge in [0.1, 0.15) is 0 Å². The van der Waals surface area contributed by atoms with Gasteiger partial charge in [0.25, 0.3) is 0 Å². The highest BCUT2D eigenvalue weighted by molar-refractivity contribution is 4.99. The van der Waals surface area contributed by atoms with Crippen LogP contribution in [0.5, 0.6) is 0 Å². The minimum absolute atomic E-state index is 0.376. The molecule has 0 aliphatic heterocycles. The zero-order valence-electron chi connectivity index (χ0n) is 7.93. The fraction of sp³-hybridized carbons (Fsp3) is 0.900. The summed E-state index contributed by atoms with van der Waals surface area (Å²) < 4.78 is 0. The Morgan fingerprint density at radius 2 is 1.92 bits per heavy atom. The number of rotatable bonds is 2. The van der Waals surface area contributed by atoms with Gasteiger partial charge in [-0.1, -0.05) is 12.8 Å². The van der Waals surface area contributed by atoms with Crippen molar-refractivity contribution in [2.24, 2.45) is 5.41 Å². The maximum atomic E-state index is 10.0. The zero-order valence-corrected chi connectivity index (χ0v) is 7.93. The second-order valence-electron chi connectivity index (χ2n) is 4.60. The fourth-order valence-electron chi connectivity index (χ4n) is 2.07. The predicted octanol–water partition coefficient (Wildman–Crippen LogP) is 2.23. The lowest BCUT2D eigenvalue weighted by molar-refractivity contribution is 0.0157. The van der Waals surface area contributed by atoms with Gasteiger partial charge in [-0.05, 0) is 33.1 Å². The largest absolute Gasteiger partial charge is 0.390 e. The Bertz CT molecular complexity index is 196. The maximum absolute atomic E-state index is 10.0. The molecule has 2 heteroatoms. The molecule has 1 saturated carbocycles. The summed E-state index contributed by atoms with van der Waals surface area (Å²) in [6.07, 6.45) is 4.59. The number of hydrogen-bond acceptors (Lipinski definition) is 2. The molecule has 0 saturated heterocycles. The summed E-state index contributed by atoms with van der Waals surface area (Å²) in [7, 11) is 0. The molecule has 1 aliphatic rings. The van der Waals surface area contributed by atoms with Crippen molar-refractivity contribution in [1.82, 2.24) is 0 Å².